The summed E-state index contributed by atoms with van der Waals surface area (Å²) in [5.41, 5.74) is 2.81. The molecule has 1 heterocycles. The van der Waals surface area contributed by atoms with Crippen LogP contribution in [0.15, 0.2) is 36.4 Å². The summed E-state index contributed by atoms with van der Waals surface area (Å²) < 4.78 is 5.68. The van der Waals surface area contributed by atoms with Crippen LogP contribution >= 0.6 is 0 Å². The van der Waals surface area contributed by atoms with Gasteiger partial charge in [0.1, 0.15) is 18.1 Å². The van der Waals surface area contributed by atoms with Gasteiger partial charge in [-0.3, -0.25) is 9.78 Å². The molecule has 1 aromatic heterocycles. The third-order valence-electron chi connectivity index (χ3n) is 3.06. The molecule has 0 aliphatic heterocycles. The fourth-order valence-corrected chi connectivity index (χ4v) is 2.03. The van der Waals surface area contributed by atoms with Gasteiger partial charge in [0.05, 0.1) is 13.0 Å². The molecule has 0 fully saturated rings. The molecule has 0 amide bonds. The van der Waals surface area contributed by atoms with Gasteiger partial charge in [0, 0.05) is 5.69 Å². The number of carbonyl (C=O) groups is 1. The molecule has 110 valence electrons. The molecule has 0 saturated heterocycles. The molecule has 2 N–H and O–H groups in total. The highest BCUT2D eigenvalue weighted by molar-refractivity contribution is 5.70. The Morgan fingerprint density at radius 3 is 2.57 bits per heavy atom. The van der Waals surface area contributed by atoms with Crippen molar-refractivity contribution in [3.8, 4) is 5.75 Å². The first-order chi connectivity index (χ1) is 10.1. The first-order valence-electron chi connectivity index (χ1n) is 6.59. The molecule has 0 unspecified atom stereocenters. The lowest BCUT2D eigenvalue weighted by molar-refractivity contribution is -0.136. The van der Waals surface area contributed by atoms with Gasteiger partial charge >= 0.3 is 5.97 Å². The maximum atomic E-state index is 10.8. The molecule has 0 aliphatic rings. The van der Waals surface area contributed by atoms with Crippen molar-refractivity contribution in [3.05, 3.63) is 58.9 Å². The highest BCUT2D eigenvalue weighted by Gasteiger charge is 2.09. The summed E-state index contributed by atoms with van der Waals surface area (Å²) in [5.74, 6) is -0.372. The minimum absolute atomic E-state index is 0.0431. The Bertz CT molecular complexity index is 640. The SMILES string of the molecule is Cc1ccc(OCc2ccccc2CC(=O)O)c(CO)n1. The van der Waals surface area contributed by atoms with Crippen molar-refractivity contribution < 1.29 is 19.7 Å². The number of hydrogen-bond acceptors (Lipinski definition) is 4. The van der Waals surface area contributed by atoms with Crippen molar-refractivity contribution >= 4 is 5.97 Å². The summed E-state index contributed by atoms with van der Waals surface area (Å²) in [5, 5.41) is 18.2. The Morgan fingerprint density at radius 1 is 1.19 bits per heavy atom. The first-order valence-corrected chi connectivity index (χ1v) is 6.59. The Kier molecular flexibility index (Phi) is 4.90. The first kappa shape index (κ1) is 15.0. The number of carboxylic acids is 1. The van der Waals surface area contributed by atoms with Crippen LogP contribution < -0.4 is 4.74 Å². The van der Waals surface area contributed by atoms with E-state index in [-0.39, 0.29) is 19.6 Å². The Hall–Kier alpha value is -2.40. The molecular formula is C16H17NO4. The average Bonchev–Trinajstić information content (AvgIpc) is 2.46. The maximum absolute atomic E-state index is 10.8. The minimum Gasteiger partial charge on any atom is -0.487 e. The fraction of sp³-hybridized carbons (Fsp3) is 0.250. The van der Waals surface area contributed by atoms with Crippen molar-refractivity contribution in [3.63, 3.8) is 0 Å². The molecule has 2 aromatic rings. The zero-order valence-electron chi connectivity index (χ0n) is 11.7. The van der Waals surface area contributed by atoms with E-state index >= 15 is 0 Å². The van der Waals surface area contributed by atoms with Gasteiger partial charge in [0.15, 0.2) is 0 Å². The van der Waals surface area contributed by atoms with Gasteiger partial charge in [0.2, 0.25) is 0 Å². The summed E-state index contributed by atoms with van der Waals surface area (Å²) in [6.45, 7) is 1.88. The van der Waals surface area contributed by atoms with E-state index in [1.54, 1.807) is 24.3 Å². The number of benzene rings is 1. The van der Waals surface area contributed by atoms with Crippen LogP contribution in [-0.2, 0) is 24.4 Å². The second kappa shape index (κ2) is 6.85. The molecule has 0 radical (unpaired) electrons. The van der Waals surface area contributed by atoms with E-state index in [1.807, 2.05) is 19.1 Å². The third kappa shape index (κ3) is 4.03. The summed E-state index contributed by atoms with van der Waals surface area (Å²) in [6.07, 6.45) is -0.0431. The number of nitrogens with zero attached hydrogens (tertiary/aromatic N) is 1. The van der Waals surface area contributed by atoms with Crippen LogP contribution in [0, 0.1) is 6.92 Å². The molecule has 0 aliphatic carbocycles. The predicted molar refractivity (Wildman–Crippen MR) is 77.0 cm³/mol. The van der Waals surface area contributed by atoms with Gasteiger partial charge < -0.3 is 14.9 Å². The number of ether oxygens (including phenoxy) is 1. The van der Waals surface area contributed by atoms with E-state index in [0.29, 0.717) is 11.4 Å². The number of pyridine rings is 1. The molecule has 5 nitrogen and oxygen atoms in total. The lowest BCUT2D eigenvalue weighted by Gasteiger charge is -2.12. The number of aliphatic hydroxyl groups is 1. The average molecular weight is 287 g/mol. The van der Waals surface area contributed by atoms with Gasteiger partial charge in [-0.25, -0.2) is 0 Å². The van der Waals surface area contributed by atoms with Gasteiger partial charge in [-0.2, -0.15) is 0 Å². The Labute approximate surface area is 122 Å². The Balaban J connectivity index is 2.15. The van der Waals surface area contributed by atoms with Crippen molar-refractivity contribution in [1.29, 1.82) is 0 Å². The molecule has 21 heavy (non-hydrogen) atoms. The normalized spacial score (nSPS) is 10.4. The van der Waals surface area contributed by atoms with Crippen LogP contribution in [0.1, 0.15) is 22.5 Å². The highest BCUT2D eigenvalue weighted by Crippen LogP contribution is 2.19. The van der Waals surface area contributed by atoms with E-state index in [9.17, 15) is 9.90 Å². The monoisotopic (exact) mass is 287 g/mol. The Morgan fingerprint density at radius 2 is 1.90 bits per heavy atom. The van der Waals surface area contributed by atoms with Crippen molar-refractivity contribution in [2.45, 2.75) is 26.6 Å². The summed E-state index contributed by atoms with van der Waals surface area (Å²) in [4.78, 5) is 15.1. The van der Waals surface area contributed by atoms with Gasteiger partial charge in [0.25, 0.3) is 0 Å². The smallest absolute Gasteiger partial charge is 0.307 e. The van der Waals surface area contributed by atoms with Crippen LogP contribution in [0.5, 0.6) is 5.75 Å². The topological polar surface area (TPSA) is 79.7 Å². The number of aryl methyl sites for hydroxylation is 1. The quantitative estimate of drug-likeness (QED) is 0.850. The number of aliphatic hydroxyl groups excluding tert-OH is 1. The number of hydrogen-bond donors (Lipinski definition) is 2. The van der Waals surface area contributed by atoms with E-state index in [2.05, 4.69) is 4.98 Å². The minimum atomic E-state index is -0.879. The van der Waals surface area contributed by atoms with Crippen molar-refractivity contribution in [2.75, 3.05) is 0 Å². The van der Waals surface area contributed by atoms with Gasteiger partial charge in [-0.05, 0) is 30.2 Å². The van der Waals surface area contributed by atoms with Crippen LogP contribution in [0.2, 0.25) is 0 Å². The summed E-state index contributed by atoms with van der Waals surface area (Å²) >= 11 is 0. The molecule has 0 spiro atoms. The molecule has 0 saturated carbocycles. The van der Waals surface area contributed by atoms with E-state index in [1.165, 1.54) is 0 Å². The number of carboxylic acid groups (broad SMARTS) is 1. The zero-order chi connectivity index (χ0) is 15.2. The standard InChI is InChI=1S/C16H17NO4/c1-11-6-7-15(14(9-18)17-11)21-10-13-5-3-2-4-12(13)8-16(19)20/h2-7,18H,8-10H2,1H3,(H,19,20). The van der Waals surface area contributed by atoms with E-state index in [4.69, 9.17) is 9.84 Å². The number of aromatic nitrogens is 1. The summed E-state index contributed by atoms with van der Waals surface area (Å²) in [6, 6.07) is 10.8. The number of aliphatic carboxylic acids is 1. The number of rotatable bonds is 6. The maximum Gasteiger partial charge on any atom is 0.307 e. The summed E-state index contributed by atoms with van der Waals surface area (Å²) in [7, 11) is 0. The van der Waals surface area contributed by atoms with Crippen LogP contribution in [-0.4, -0.2) is 21.2 Å². The molecule has 0 bridgehead atoms. The molecule has 2 rings (SSSR count). The second-order valence-corrected chi connectivity index (χ2v) is 4.68. The van der Waals surface area contributed by atoms with Crippen LogP contribution in [0.3, 0.4) is 0 Å². The molecule has 0 atom stereocenters. The molecular weight excluding hydrogens is 270 g/mol. The largest absolute Gasteiger partial charge is 0.487 e. The zero-order valence-corrected chi connectivity index (χ0v) is 11.7. The van der Waals surface area contributed by atoms with Crippen LogP contribution in [0.4, 0.5) is 0 Å². The van der Waals surface area contributed by atoms with Crippen LogP contribution in [0.25, 0.3) is 0 Å². The van der Waals surface area contributed by atoms with Gasteiger partial charge in [-0.1, -0.05) is 24.3 Å². The lowest BCUT2D eigenvalue weighted by atomic mass is 10.1. The third-order valence-corrected chi connectivity index (χ3v) is 3.06. The second-order valence-electron chi connectivity index (χ2n) is 4.68. The van der Waals surface area contributed by atoms with Crippen molar-refractivity contribution in [1.82, 2.24) is 4.98 Å². The lowest BCUT2D eigenvalue weighted by Crippen LogP contribution is -2.07. The van der Waals surface area contributed by atoms with Gasteiger partial charge in [-0.15, -0.1) is 0 Å². The van der Waals surface area contributed by atoms with Crippen molar-refractivity contribution in [2.24, 2.45) is 0 Å². The molecule has 5 heteroatoms. The molecule has 1 aromatic carbocycles. The highest BCUT2D eigenvalue weighted by atomic mass is 16.5. The predicted octanol–water partition coefficient (Wildman–Crippen LogP) is 2.09. The van der Waals surface area contributed by atoms with E-state index < -0.39 is 5.97 Å². The van der Waals surface area contributed by atoms with E-state index in [0.717, 1.165) is 16.8 Å². The fourth-order valence-electron chi connectivity index (χ4n) is 2.03.